The molecule has 0 aliphatic carbocycles. The van der Waals surface area contributed by atoms with E-state index in [0.717, 1.165) is 24.7 Å². The molecule has 0 atom stereocenters. The van der Waals surface area contributed by atoms with Crippen molar-refractivity contribution in [1.82, 2.24) is 4.31 Å². The molecule has 0 heterocycles. The van der Waals surface area contributed by atoms with Crippen LogP contribution in [0.25, 0.3) is 0 Å². The summed E-state index contributed by atoms with van der Waals surface area (Å²) in [5.74, 6) is -0.378. The van der Waals surface area contributed by atoms with Crippen molar-refractivity contribution in [2.45, 2.75) is 26.7 Å². The maximum atomic E-state index is 12.0. The van der Waals surface area contributed by atoms with E-state index in [1.165, 1.54) is 4.31 Å². The third kappa shape index (κ3) is 6.03. The molecule has 5 nitrogen and oxygen atoms in total. The number of nitrogens with one attached hydrogen (secondary N) is 1. The van der Waals surface area contributed by atoms with Gasteiger partial charge < -0.3 is 5.32 Å². The largest absolute Gasteiger partial charge is 0.325 e. The van der Waals surface area contributed by atoms with Gasteiger partial charge in [0, 0.05) is 17.3 Å². The summed E-state index contributed by atoms with van der Waals surface area (Å²) in [4.78, 5) is 12.0. The fraction of sp³-hybridized carbons (Fsp3) is 0.500. The highest BCUT2D eigenvalue weighted by atomic mass is 35.5. The molecule has 0 unspecified atom stereocenters. The lowest BCUT2D eigenvalue weighted by Crippen LogP contribution is -2.38. The van der Waals surface area contributed by atoms with Crippen LogP contribution in [0.5, 0.6) is 0 Å². The van der Waals surface area contributed by atoms with Gasteiger partial charge in [0.1, 0.15) is 0 Å². The van der Waals surface area contributed by atoms with Gasteiger partial charge in [-0.2, -0.15) is 4.31 Å². The third-order valence-corrected chi connectivity index (χ3v) is 4.66. The molecule has 0 aromatic heterocycles. The Morgan fingerprint density at radius 1 is 1.38 bits per heavy atom. The minimum absolute atomic E-state index is 0.190. The number of halogens is 1. The van der Waals surface area contributed by atoms with E-state index in [0.29, 0.717) is 17.3 Å². The smallest absolute Gasteiger partial charge is 0.239 e. The molecular weight excluding hydrogens is 312 g/mol. The first-order valence-electron chi connectivity index (χ1n) is 6.75. The highest BCUT2D eigenvalue weighted by molar-refractivity contribution is 7.88. The van der Waals surface area contributed by atoms with E-state index in [4.69, 9.17) is 11.6 Å². The van der Waals surface area contributed by atoms with Crippen LogP contribution in [-0.2, 0) is 14.8 Å². The molecule has 1 amide bonds. The van der Waals surface area contributed by atoms with Gasteiger partial charge in [-0.1, -0.05) is 31.0 Å². The number of unbranched alkanes of at least 4 members (excludes halogenated alkanes) is 1. The number of hydrogen-bond donors (Lipinski definition) is 1. The molecule has 1 N–H and O–H groups in total. The van der Waals surface area contributed by atoms with Crippen LogP contribution in [0.1, 0.15) is 25.3 Å². The molecule has 0 fully saturated rings. The number of sulfonamides is 1. The second-order valence-corrected chi connectivity index (χ2v) is 7.35. The van der Waals surface area contributed by atoms with Crippen molar-refractivity contribution < 1.29 is 13.2 Å². The van der Waals surface area contributed by atoms with E-state index < -0.39 is 10.0 Å². The van der Waals surface area contributed by atoms with Crippen molar-refractivity contribution in [3.63, 3.8) is 0 Å². The van der Waals surface area contributed by atoms with Gasteiger partial charge in [-0.15, -0.1) is 0 Å². The molecule has 7 heteroatoms. The van der Waals surface area contributed by atoms with Gasteiger partial charge in [0.2, 0.25) is 15.9 Å². The molecule has 0 aliphatic rings. The Morgan fingerprint density at radius 2 is 2.05 bits per heavy atom. The van der Waals surface area contributed by atoms with Gasteiger partial charge >= 0.3 is 0 Å². The molecule has 1 aromatic carbocycles. The fourth-order valence-corrected chi connectivity index (χ4v) is 2.72. The Morgan fingerprint density at radius 3 is 2.57 bits per heavy atom. The summed E-state index contributed by atoms with van der Waals surface area (Å²) in [7, 11) is -3.39. The number of amides is 1. The molecule has 1 aromatic rings. The zero-order chi connectivity index (χ0) is 16.0. The average molecular weight is 333 g/mol. The van der Waals surface area contributed by atoms with Gasteiger partial charge in [-0.3, -0.25) is 4.79 Å². The number of carbonyl (C=O) groups excluding carboxylic acids is 1. The summed E-state index contributed by atoms with van der Waals surface area (Å²) >= 11 is 5.99. The second-order valence-electron chi connectivity index (χ2n) is 4.96. The molecule has 0 spiro atoms. The molecule has 21 heavy (non-hydrogen) atoms. The van der Waals surface area contributed by atoms with Crippen molar-refractivity contribution in [1.29, 1.82) is 0 Å². The summed E-state index contributed by atoms with van der Waals surface area (Å²) in [5, 5.41) is 3.21. The fourth-order valence-electron chi connectivity index (χ4n) is 1.73. The van der Waals surface area contributed by atoms with Gasteiger partial charge in [-0.25, -0.2) is 8.42 Å². The van der Waals surface area contributed by atoms with Crippen LogP contribution in [0.15, 0.2) is 18.2 Å². The van der Waals surface area contributed by atoms with E-state index in [-0.39, 0.29) is 12.5 Å². The first-order chi connectivity index (χ1) is 9.74. The summed E-state index contributed by atoms with van der Waals surface area (Å²) in [6.45, 7) is 3.99. The Balaban J connectivity index is 2.71. The van der Waals surface area contributed by atoms with Gasteiger partial charge in [0.25, 0.3) is 0 Å². The lowest BCUT2D eigenvalue weighted by Gasteiger charge is -2.19. The number of hydrogen-bond acceptors (Lipinski definition) is 3. The van der Waals surface area contributed by atoms with Crippen LogP contribution in [-0.4, -0.2) is 38.0 Å². The van der Waals surface area contributed by atoms with Crippen molar-refractivity contribution in [3.8, 4) is 0 Å². The number of carbonyl (C=O) groups is 1. The van der Waals surface area contributed by atoms with Crippen LogP contribution in [0, 0.1) is 6.92 Å². The zero-order valence-electron chi connectivity index (χ0n) is 12.5. The third-order valence-electron chi connectivity index (χ3n) is 3.01. The molecular formula is C14H21ClN2O3S. The Kier molecular flexibility index (Phi) is 6.64. The molecule has 118 valence electrons. The predicted octanol–water partition coefficient (Wildman–Crippen LogP) is 2.65. The summed E-state index contributed by atoms with van der Waals surface area (Å²) < 4.78 is 24.5. The maximum Gasteiger partial charge on any atom is 0.239 e. The van der Waals surface area contributed by atoms with E-state index in [1.807, 2.05) is 13.8 Å². The van der Waals surface area contributed by atoms with Gasteiger partial charge in [0.05, 0.1) is 12.8 Å². The van der Waals surface area contributed by atoms with Gasteiger partial charge in [0.15, 0.2) is 0 Å². The lowest BCUT2D eigenvalue weighted by molar-refractivity contribution is -0.116. The lowest BCUT2D eigenvalue weighted by atomic mass is 10.2. The zero-order valence-corrected chi connectivity index (χ0v) is 14.1. The number of rotatable bonds is 7. The van der Waals surface area contributed by atoms with Crippen molar-refractivity contribution in [2.24, 2.45) is 0 Å². The first-order valence-corrected chi connectivity index (χ1v) is 8.97. The molecule has 0 radical (unpaired) electrons. The SMILES string of the molecule is CCCCN(CC(=O)Nc1ccc(C)c(Cl)c1)S(C)(=O)=O. The highest BCUT2D eigenvalue weighted by Gasteiger charge is 2.19. The standard InChI is InChI=1S/C14H21ClN2O3S/c1-4-5-8-17(21(3,19)20)10-14(18)16-12-7-6-11(2)13(15)9-12/h6-7,9H,4-5,8,10H2,1-3H3,(H,16,18). The topological polar surface area (TPSA) is 66.5 Å². The van der Waals surface area contributed by atoms with E-state index in [2.05, 4.69) is 5.32 Å². The summed E-state index contributed by atoms with van der Waals surface area (Å²) in [6.07, 6.45) is 2.69. The van der Waals surface area contributed by atoms with Crippen LogP contribution < -0.4 is 5.32 Å². The summed E-state index contributed by atoms with van der Waals surface area (Å²) in [5.41, 5.74) is 1.47. The minimum atomic E-state index is -3.39. The Hall–Kier alpha value is -1.11. The quantitative estimate of drug-likeness (QED) is 0.834. The van der Waals surface area contributed by atoms with Crippen molar-refractivity contribution >= 4 is 33.2 Å². The highest BCUT2D eigenvalue weighted by Crippen LogP contribution is 2.19. The molecule has 0 saturated heterocycles. The van der Waals surface area contributed by atoms with Crippen LogP contribution in [0.4, 0.5) is 5.69 Å². The number of anilines is 1. The molecule has 0 saturated carbocycles. The normalized spacial score (nSPS) is 11.7. The second kappa shape index (κ2) is 7.77. The number of nitrogens with zero attached hydrogens (tertiary/aromatic N) is 1. The number of aryl methyl sites for hydroxylation is 1. The maximum absolute atomic E-state index is 12.0. The Bertz CT molecular complexity index is 602. The van der Waals surface area contributed by atoms with E-state index >= 15 is 0 Å². The molecule has 0 aliphatic heterocycles. The van der Waals surface area contributed by atoms with Gasteiger partial charge in [-0.05, 0) is 31.0 Å². The van der Waals surface area contributed by atoms with E-state index in [1.54, 1.807) is 18.2 Å². The van der Waals surface area contributed by atoms with Crippen molar-refractivity contribution in [2.75, 3.05) is 24.7 Å². The van der Waals surface area contributed by atoms with Crippen LogP contribution in [0.2, 0.25) is 5.02 Å². The molecule has 0 bridgehead atoms. The average Bonchev–Trinajstić information content (AvgIpc) is 2.37. The summed E-state index contributed by atoms with van der Waals surface area (Å²) in [6, 6.07) is 5.17. The number of benzene rings is 1. The predicted molar refractivity (Wildman–Crippen MR) is 86.1 cm³/mol. The van der Waals surface area contributed by atoms with Crippen LogP contribution in [0.3, 0.4) is 0 Å². The van der Waals surface area contributed by atoms with Crippen molar-refractivity contribution in [3.05, 3.63) is 28.8 Å². The molecule has 1 rings (SSSR count). The van der Waals surface area contributed by atoms with E-state index in [9.17, 15) is 13.2 Å². The minimum Gasteiger partial charge on any atom is -0.325 e. The first kappa shape index (κ1) is 17.9. The monoisotopic (exact) mass is 332 g/mol. The Labute approximate surface area is 131 Å². The van der Waals surface area contributed by atoms with Crippen LogP contribution >= 0.6 is 11.6 Å².